The molecule has 0 radical (unpaired) electrons. The van der Waals surface area contributed by atoms with Gasteiger partial charge in [-0.1, -0.05) is 6.07 Å². The third kappa shape index (κ3) is 3.07. The van der Waals surface area contributed by atoms with E-state index in [1.807, 2.05) is 4.72 Å². The van der Waals surface area contributed by atoms with Crippen molar-refractivity contribution in [2.24, 2.45) is 0 Å². The van der Waals surface area contributed by atoms with Crippen molar-refractivity contribution in [3.63, 3.8) is 0 Å². The maximum Gasteiger partial charge on any atom is 0.262 e. The van der Waals surface area contributed by atoms with Crippen LogP contribution in [0.2, 0.25) is 0 Å². The molecule has 2 rings (SSSR count). The Morgan fingerprint density at radius 1 is 1.10 bits per heavy atom. The van der Waals surface area contributed by atoms with Crippen LogP contribution in [-0.4, -0.2) is 8.42 Å². The van der Waals surface area contributed by atoms with E-state index in [1.165, 1.54) is 24.3 Å². The second-order valence-corrected chi connectivity index (χ2v) is 6.46. The molecule has 0 aromatic heterocycles. The minimum Gasteiger partial charge on any atom is -0.399 e. The Labute approximate surface area is 122 Å². The molecule has 2 aromatic rings. The van der Waals surface area contributed by atoms with E-state index < -0.39 is 21.7 Å². The summed E-state index contributed by atoms with van der Waals surface area (Å²) in [6.45, 7) is 0. The number of nitrogens with one attached hydrogen (secondary N) is 1. The number of benzene rings is 2. The molecule has 20 heavy (non-hydrogen) atoms. The SMILES string of the molecule is Nc1cccc(S(=O)(=O)Nc2cc(Br)c(F)cc2F)c1. The minimum atomic E-state index is -4.00. The van der Waals surface area contributed by atoms with Gasteiger partial charge in [-0.2, -0.15) is 0 Å². The number of rotatable bonds is 3. The first-order valence-corrected chi connectivity index (χ1v) is 7.60. The van der Waals surface area contributed by atoms with Crippen LogP contribution in [0, 0.1) is 11.6 Å². The standard InChI is InChI=1S/C12H9BrF2N2O2S/c13-9-5-12(11(15)6-10(9)14)17-20(18,19)8-3-1-2-7(16)4-8/h1-6,17H,16H2. The number of hydrogen-bond acceptors (Lipinski definition) is 3. The largest absolute Gasteiger partial charge is 0.399 e. The summed E-state index contributed by atoms with van der Waals surface area (Å²) in [6.07, 6.45) is 0. The average Bonchev–Trinajstić information content (AvgIpc) is 2.36. The Morgan fingerprint density at radius 3 is 2.45 bits per heavy atom. The number of hydrogen-bond donors (Lipinski definition) is 2. The van der Waals surface area contributed by atoms with Gasteiger partial charge in [0.25, 0.3) is 10.0 Å². The topological polar surface area (TPSA) is 72.2 Å². The molecule has 0 saturated heterocycles. The highest BCUT2D eigenvalue weighted by atomic mass is 79.9. The molecule has 0 aliphatic carbocycles. The second-order valence-electron chi connectivity index (χ2n) is 3.92. The zero-order valence-corrected chi connectivity index (χ0v) is 12.3. The second kappa shape index (κ2) is 5.37. The summed E-state index contributed by atoms with van der Waals surface area (Å²) in [6, 6.07) is 7.12. The van der Waals surface area contributed by atoms with Crippen molar-refractivity contribution in [1.82, 2.24) is 0 Å². The highest BCUT2D eigenvalue weighted by molar-refractivity contribution is 9.10. The Bertz CT molecular complexity index is 766. The lowest BCUT2D eigenvalue weighted by molar-refractivity contribution is 0.579. The zero-order valence-electron chi connectivity index (χ0n) is 9.90. The van der Waals surface area contributed by atoms with E-state index in [0.29, 0.717) is 6.07 Å². The van der Waals surface area contributed by atoms with E-state index in [4.69, 9.17) is 5.73 Å². The lowest BCUT2D eigenvalue weighted by Crippen LogP contribution is -2.14. The van der Waals surface area contributed by atoms with Crippen molar-refractivity contribution in [2.45, 2.75) is 4.90 Å². The highest BCUT2D eigenvalue weighted by Gasteiger charge is 2.18. The van der Waals surface area contributed by atoms with Crippen LogP contribution in [0.25, 0.3) is 0 Å². The number of nitrogens with two attached hydrogens (primary N) is 1. The predicted molar refractivity (Wildman–Crippen MR) is 75.7 cm³/mol. The monoisotopic (exact) mass is 362 g/mol. The molecule has 2 aromatic carbocycles. The first kappa shape index (κ1) is 14.7. The minimum absolute atomic E-state index is 0.0517. The molecule has 0 aliphatic rings. The quantitative estimate of drug-likeness (QED) is 0.650. The van der Waals surface area contributed by atoms with E-state index in [1.54, 1.807) is 0 Å². The molecule has 106 valence electrons. The summed E-state index contributed by atoms with van der Waals surface area (Å²) >= 11 is 2.86. The Kier molecular flexibility index (Phi) is 3.96. The fourth-order valence-electron chi connectivity index (χ4n) is 1.49. The Hall–Kier alpha value is -1.67. The van der Waals surface area contributed by atoms with Crippen LogP contribution in [0.15, 0.2) is 45.8 Å². The van der Waals surface area contributed by atoms with Gasteiger partial charge in [0.15, 0.2) is 0 Å². The van der Waals surface area contributed by atoms with Gasteiger partial charge in [-0.05, 0) is 40.2 Å². The van der Waals surface area contributed by atoms with Crippen LogP contribution in [-0.2, 0) is 10.0 Å². The molecule has 0 bridgehead atoms. The van der Waals surface area contributed by atoms with E-state index in [2.05, 4.69) is 15.9 Å². The molecule has 0 spiro atoms. The van der Waals surface area contributed by atoms with Crippen LogP contribution in [0.5, 0.6) is 0 Å². The van der Waals surface area contributed by atoms with Gasteiger partial charge in [0.1, 0.15) is 11.6 Å². The van der Waals surface area contributed by atoms with Crippen LogP contribution in [0.3, 0.4) is 0 Å². The molecular formula is C12H9BrF2N2O2S. The molecule has 0 fully saturated rings. The lowest BCUT2D eigenvalue weighted by Gasteiger charge is -2.10. The number of nitrogen functional groups attached to an aromatic ring is 1. The van der Waals surface area contributed by atoms with Gasteiger partial charge in [0, 0.05) is 11.8 Å². The highest BCUT2D eigenvalue weighted by Crippen LogP contribution is 2.26. The molecule has 3 N–H and O–H groups in total. The van der Waals surface area contributed by atoms with Crippen LogP contribution in [0.1, 0.15) is 0 Å². The smallest absolute Gasteiger partial charge is 0.262 e. The molecular weight excluding hydrogens is 354 g/mol. The van der Waals surface area contributed by atoms with Crippen molar-refractivity contribution < 1.29 is 17.2 Å². The van der Waals surface area contributed by atoms with Gasteiger partial charge in [-0.15, -0.1) is 0 Å². The Balaban J connectivity index is 2.41. The van der Waals surface area contributed by atoms with Gasteiger partial charge in [-0.3, -0.25) is 4.72 Å². The molecule has 0 unspecified atom stereocenters. The summed E-state index contributed by atoms with van der Waals surface area (Å²) in [4.78, 5) is -0.114. The number of sulfonamides is 1. The summed E-state index contributed by atoms with van der Waals surface area (Å²) in [5.74, 6) is -1.84. The summed E-state index contributed by atoms with van der Waals surface area (Å²) in [5, 5.41) is 0. The van der Waals surface area contributed by atoms with E-state index >= 15 is 0 Å². The molecule has 8 heteroatoms. The summed E-state index contributed by atoms with van der Waals surface area (Å²) in [5.41, 5.74) is 5.40. The first-order chi connectivity index (χ1) is 9.29. The molecule has 0 aliphatic heterocycles. The van der Waals surface area contributed by atoms with Crippen molar-refractivity contribution in [3.8, 4) is 0 Å². The molecule has 0 saturated carbocycles. The zero-order chi connectivity index (χ0) is 14.9. The van der Waals surface area contributed by atoms with Crippen molar-refractivity contribution in [3.05, 3.63) is 52.5 Å². The van der Waals surface area contributed by atoms with Crippen LogP contribution in [0.4, 0.5) is 20.2 Å². The lowest BCUT2D eigenvalue weighted by atomic mass is 10.3. The molecule has 0 atom stereocenters. The summed E-state index contributed by atoms with van der Waals surface area (Å²) in [7, 11) is -4.00. The van der Waals surface area contributed by atoms with Gasteiger partial charge in [-0.25, -0.2) is 17.2 Å². The molecule has 4 nitrogen and oxygen atoms in total. The van der Waals surface area contributed by atoms with Crippen LogP contribution < -0.4 is 10.5 Å². The van der Waals surface area contributed by atoms with E-state index in [9.17, 15) is 17.2 Å². The third-order valence-electron chi connectivity index (χ3n) is 2.42. The van der Waals surface area contributed by atoms with Gasteiger partial charge >= 0.3 is 0 Å². The third-order valence-corrected chi connectivity index (χ3v) is 4.39. The average molecular weight is 363 g/mol. The van der Waals surface area contributed by atoms with Crippen molar-refractivity contribution >= 4 is 37.3 Å². The fraction of sp³-hybridized carbons (Fsp3) is 0. The maximum atomic E-state index is 13.5. The van der Waals surface area contributed by atoms with Gasteiger partial charge < -0.3 is 5.73 Å². The van der Waals surface area contributed by atoms with Crippen molar-refractivity contribution in [2.75, 3.05) is 10.5 Å². The normalized spacial score (nSPS) is 11.3. The first-order valence-electron chi connectivity index (χ1n) is 5.32. The fourth-order valence-corrected chi connectivity index (χ4v) is 2.94. The Morgan fingerprint density at radius 2 is 1.80 bits per heavy atom. The molecule has 0 heterocycles. The van der Waals surface area contributed by atoms with Crippen LogP contribution >= 0.6 is 15.9 Å². The van der Waals surface area contributed by atoms with Gasteiger partial charge in [0.2, 0.25) is 0 Å². The number of anilines is 2. The summed E-state index contributed by atoms with van der Waals surface area (Å²) < 4.78 is 52.7. The van der Waals surface area contributed by atoms with E-state index in [0.717, 1.165) is 6.07 Å². The number of halogens is 3. The predicted octanol–water partition coefficient (Wildman–Crippen LogP) is 3.11. The van der Waals surface area contributed by atoms with Gasteiger partial charge in [0.05, 0.1) is 15.1 Å². The van der Waals surface area contributed by atoms with Crippen molar-refractivity contribution in [1.29, 1.82) is 0 Å². The maximum absolute atomic E-state index is 13.5. The molecule has 0 amide bonds. The van der Waals surface area contributed by atoms with E-state index in [-0.39, 0.29) is 20.7 Å².